The molecule has 0 spiro atoms. The molecule has 0 aliphatic heterocycles. The summed E-state index contributed by atoms with van der Waals surface area (Å²) < 4.78 is 12.1. The molecule has 0 radical (unpaired) electrons. The van der Waals surface area contributed by atoms with Gasteiger partial charge in [0.15, 0.2) is 11.5 Å². The number of halogens is 2. The largest absolute Gasteiger partial charge is 0.493 e. The van der Waals surface area contributed by atoms with E-state index in [0.29, 0.717) is 38.0 Å². The number of para-hydroxylation sites is 2. The highest BCUT2D eigenvalue weighted by molar-refractivity contribution is 6.42. The summed E-state index contributed by atoms with van der Waals surface area (Å²) in [5, 5.41) is 5.33. The van der Waals surface area contributed by atoms with Gasteiger partial charge in [0.1, 0.15) is 6.61 Å². The summed E-state index contributed by atoms with van der Waals surface area (Å²) in [5.41, 5.74) is 0.591. The molecule has 9 heteroatoms. The molecule has 4 aromatic rings. The van der Waals surface area contributed by atoms with Gasteiger partial charge in [-0.25, -0.2) is 4.79 Å². The molecule has 0 bridgehead atoms. The van der Waals surface area contributed by atoms with E-state index in [2.05, 4.69) is 10.1 Å². The third-order valence-electron chi connectivity index (χ3n) is 4.69. The Morgan fingerprint density at radius 3 is 2.62 bits per heavy atom. The van der Waals surface area contributed by atoms with E-state index >= 15 is 0 Å². The highest BCUT2D eigenvalue weighted by atomic mass is 35.5. The Balaban J connectivity index is 1.69. The van der Waals surface area contributed by atoms with Gasteiger partial charge in [-0.2, -0.15) is 5.10 Å². The maximum Gasteiger partial charge on any atom is 0.349 e. The second-order valence-electron chi connectivity index (χ2n) is 6.75. The van der Waals surface area contributed by atoms with E-state index in [1.165, 1.54) is 13.3 Å². The fourth-order valence-corrected chi connectivity index (χ4v) is 3.43. The number of methoxy groups -OCH3 is 1. The summed E-state index contributed by atoms with van der Waals surface area (Å²) in [6.07, 6.45) is 1.37. The van der Waals surface area contributed by atoms with E-state index in [9.17, 15) is 9.59 Å². The molecule has 162 valence electrons. The number of aromatic amines is 1. The van der Waals surface area contributed by atoms with Crippen LogP contribution in [0.3, 0.4) is 0 Å². The van der Waals surface area contributed by atoms with Crippen LogP contribution < -0.4 is 20.7 Å². The lowest BCUT2D eigenvalue weighted by molar-refractivity contribution is 0.284. The number of ether oxygens (including phenoxy) is 2. The zero-order chi connectivity index (χ0) is 22.7. The topological polar surface area (TPSA) is 85.7 Å². The lowest BCUT2D eigenvalue weighted by Crippen LogP contribution is -2.32. The average Bonchev–Trinajstić information content (AvgIpc) is 2.80. The summed E-state index contributed by atoms with van der Waals surface area (Å²) in [4.78, 5) is 27.7. The number of fused-ring (bicyclic) bond motifs is 1. The van der Waals surface area contributed by atoms with Crippen molar-refractivity contribution >= 4 is 40.3 Å². The molecule has 0 aliphatic carbocycles. The number of rotatable bonds is 6. The maximum absolute atomic E-state index is 12.7. The van der Waals surface area contributed by atoms with E-state index in [1.807, 2.05) is 0 Å². The molecule has 4 rings (SSSR count). The van der Waals surface area contributed by atoms with Crippen molar-refractivity contribution in [2.24, 2.45) is 5.10 Å². The molecule has 0 saturated heterocycles. The zero-order valence-corrected chi connectivity index (χ0v) is 18.4. The first kappa shape index (κ1) is 21.7. The van der Waals surface area contributed by atoms with Crippen molar-refractivity contribution in [1.29, 1.82) is 0 Å². The molecule has 1 heterocycles. The summed E-state index contributed by atoms with van der Waals surface area (Å²) in [7, 11) is 1.51. The van der Waals surface area contributed by atoms with E-state index in [0.717, 1.165) is 10.2 Å². The lowest BCUT2D eigenvalue weighted by atomic mass is 10.2. The molecule has 7 nitrogen and oxygen atoms in total. The Hall–Kier alpha value is -3.55. The molecule has 0 aliphatic rings. The molecule has 32 heavy (non-hydrogen) atoms. The van der Waals surface area contributed by atoms with Crippen LogP contribution in [0.5, 0.6) is 11.5 Å². The van der Waals surface area contributed by atoms with Gasteiger partial charge in [-0.05, 0) is 42.0 Å². The number of aromatic nitrogens is 2. The number of nitrogens with one attached hydrogen (secondary N) is 1. The van der Waals surface area contributed by atoms with Crippen molar-refractivity contribution in [3.8, 4) is 11.5 Å². The quantitative estimate of drug-likeness (QED) is 0.422. The van der Waals surface area contributed by atoms with Gasteiger partial charge >= 0.3 is 5.69 Å². The van der Waals surface area contributed by atoms with Gasteiger partial charge in [0.25, 0.3) is 5.56 Å². The minimum atomic E-state index is -0.647. The highest BCUT2D eigenvalue weighted by Crippen LogP contribution is 2.31. The molecule has 1 N–H and O–H groups in total. The van der Waals surface area contributed by atoms with Crippen molar-refractivity contribution in [1.82, 2.24) is 9.66 Å². The fourth-order valence-electron chi connectivity index (χ4n) is 3.11. The Labute approximate surface area is 192 Å². The Bertz CT molecular complexity index is 1440. The number of H-pyrrole nitrogens is 1. The number of hydrogen-bond acceptors (Lipinski definition) is 5. The van der Waals surface area contributed by atoms with Gasteiger partial charge in [0.2, 0.25) is 0 Å². The van der Waals surface area contributed by atoms with Gasteiger partial charge in [0.05, 0.1) is 34.3 Å². The van der Waals surface area contributed by atoms with Crippen molar-refractivity contribution in [2.75, 3.05) is 7.11 Å². The van der Waals surface area contributed by atoms with E-state index in [4.69, 9.17) is 32.7 Å². The van der Waals surface area contributed by atoms with Crippen molar-refractivity contribution < 1.29 is 9.47 Å². The third-order valence-corrected chi connectivity index (χ3v) is 5.43. The van der Waals surface area contributed by atoms with Crippen LogP contribution in [0.1, 0.15) is 11.1 Å². The number of nitrogens with zero attached hydrogens (tertiary/aromatic N) is 2. The molecule has 0 atom stereocenters. The second-order valence-corrected chi connectivity index (χ2v) is 7.57. The third kappa shape index (κ3) is 4.39. The Kier molecular flexibility index (Phi) is 6.30. The van der Waals surface area contributed by atoms with Gasteiger partial charge in [0, 0.05) is 5.56 Å². The van der Waals surface area contributed by atoms with Crippen LogP contribution in [-0.2, 0) is 6.61 Å². The SMILES string of the molecule is COc1cccc(C=Nn2c(=O)[nH]c3ccccc3c2=O)c1OCc1ccc(Cl)c(Cl)c1. The molecule has 3 aromatic carbocycles. The van der Waals surface area contributed by atoms with E-state index in [1.54, 1.807) is 60.7 Å². The van der Waals surface area contributed by atoms with Crippen molar-refractivity contribution in [3.63, 3.8) is 0 Å². The molecule has 0 fully saturated rings. The van der Waals surface area contributed by atoms with Gasteiger partial charge < -0.3 is 14.5 Å². The molecule has 1 aromatic heterocycles. The maximum atomic E-state index is 12.7. The zero-order valence-electron chi connectivity index (χ0n) is 16.8. The normalized spacial score (nSPS) is 11.2. The molecule has 0 saturated carbocycles. The predicted octanol–water partition coefficient (Wildman–Crippen LogP) is 4.47. The smallest absolute Gasteiger partial charge is 0.349 e. The average molecular weight is 470 g/mol. The number of hydrogen-bond donors (Lipinski definition) is 1. The van der Waals surface area contributed by atoms with Crippen molar-refractivity contribution in [2.45, 2.75) is 6.61 Å². The van der Waals surface area contributed by atoms with Gasteiger partial charge in [-0.1, -0.05) is 47.5 Å². The van der Waals surface area contributed by atoms with E-state index in [-0.39, 0.29) is 6.61 Å². The van der Waals surface area contributed by atoms with E-state index < -0.39 is 11.2 Å². The Morgan fingerprint density at radius 2 is 1.84 bits per heavy atom. The standard InChI is InChI=1S/C23H17Cl2N3O4/c1-31-20-8-4-5-15(21(20)32-13-14-9-10-17(24)18(25)11-14)12-26-28-22(29)16-6-2-3-7-19(16)27-23(28)30/h2-12H,13H2,1H3,(H,27,30). The summed E-state index contributed by atoms with van der Waals surface area (Å²) in [5.74, 6) is 0.865. The van der Waals surface area contributed by atoms with Crippen LogP contribution in [-0.4, -0.2) is 23.0 Å². The molecule has 0 unspecified atom stereocenters. The highest BCUT2D eigenvalue weighted by Gasteiger charge is 2.11. The van der Waals surface area contributed by atoms with Crippen LogP contribution in [0, 0.1) is 0 Å². The minimum Gasteiger partial charge on any atom is -0.493 e. The molecule has 0 amide bonds. The first-order valence-electron chi connectivity index (χ1n) is 9.50. The predicted molar refractivity (Wildman–Crippen MR) is 126 cm³/mol. The summed E-state index contributed by atoms with van der Waals surface area (Å²) in [6, 6.07) is 17.1. The first-order valence-corrected chi connectivity index (χ1v) is 10.3. The monoisotopic (exact) mass is 469 g/mol. The molecular weight excluding hydrogens is 453 g/mol. The summed E-state index contributed by atoms with van der Waals surface area (Å²) in [6.45, 7) is 0.189. The minimum absolute atomic E-state index is 0.189. The Morgan fingerprint density at radius 1 is 1.03 bits per heavy atom. The van der Waals surface area contributed by atoms with Crippen LogP contribution in [0.2, 0.25) is 10.0 Å². The van der Waals surface area contributed by atoms with Crippen LogP contribution >= 0.6 is 23.2 Å². The summed E-state index contributed by atoms with van der Waals surface area (Å²) >= 11 is 12.0. The van der Waals surface area contributed by atoms with Crippen molar-refractivity contribution in [3.05, 3.63) is 103 Å². The first-order chi connectivity index (χ1) is 15.5. The fraction of sp³-hybridized carbons (Fsp3) is 0.0870. The van der Waals surface area contributed by atoms with Crippen LogP contribution in [0.15, 0.2) is 75.4 Å². The van der Waals surface area contributed by atoms with Crippen LogP contribution in [0.25, 0.3) is 10.9 Å². The van der Waals surface area contributed by atoms with Crippen LogP contribution in [0.4, 0.5) is 0 Å². The second kappa shape index (κ2) is 9.30. The number of benzene rings is 3. The lowest BCUT2D eigenvalue weighted by Gasteiger charge is -2.13. The van der Waals surface area contributed by atoms with Gasteiger partial charge in [-0.3, -0.25) is 4.79 Å². The molecular formula is C23H17Cl2N3O4. The van der Waals surface area contributed by atoms with Gasteiger partial charge in [-0.15, -0.1) is 4.68 Å².